The first kappa shape index (κ1) is 24.3. The third-order valence-corrected chi connectivity index (χ3v) is 7.41. The maximum absolute atomic E-state index is 13.9. The van der Waals surface area contributed by atoms with E-state index in [0.717, 1.165) is 48.1 Å². The second-order valence-electron chi connectivity index (χ2n) is 10.9. The number of hydrogen-bond donors (Lipinski definition) is 3. The SMILES string of the molecule is CN(C)CC(=O)Nc1cc2c(cc1OC1CCN(C)CC1)C(C)(C)c1[nH]c3cc(N)ccc3c1C2=O. The van der Waals surface area contributed by atoms with E-state index in [1.165, 1.54) is 0 Å². The number of carbonyl (C=O) groups is 2. The van der Waals surface area contributed by atoms with Crippen LogP contribution in [-0.2, 0) is 10.2 Å². The molecule has 0 spiro atoms. The van der Waals surface area contributed by atoms with E-state index in [0.29, 0.717) is 28.3 Å². The Bertz CT molecular complexity index is 1350. The fraction of sp³-hybridized carbons (Fsp3) is 0.429. The number of ether oxygens (including phenoxy) is 1. The number of anilines is 2. The smallest absolute Gasteiger partial charge is 0.238 e. The molecule has 36 heavy (non-hydrogen) atoms. The molecule has 1 aliphatic heterocycles. The zero-order chi connectivity index (χ0) is 25.8. The number of aromatic amines is 1. The Labute approximate surface area is 211 Å². The number of fused-ring (bicyclic) bond motifs is 4. The molecule has 1 fully saturated rings. The summed E-state index contributed by atoms with van der Waals surface area (Å²) in [5, 5.41) is 3.86. The van der Waals surface area contributed by atoms with Crippen molar-refractivity contribution in [2.45, 2.75) is 38.2 Å². The zero-order valence-electron chi connectivity index (χ0n) is 21.7. The number of hydrogen-bond acceptors (Lipinski definition) is 6. The van der Waals surface area contributed by atoms with Crippen molar-refractivity contribution in [3.8, 4) is 5.75 Å². The number of aromatic nitrogens is 1. The van der Waals surface area contributed by atoms with Crippen LogP contribution in [0.15, 0.2) is 30.3 Å². The van der Waals surface area contributed by atoms with Crippen LogP contribution in [0.1, 0.15) is 53.9 Å². The lowest BCUT2D eigenvalue weighted by Crippen LogP contribution is -2.36. The Morgan fingerprint density at radius 3 is 2.64 bits per heavy atom. The highest BCUT2D eigenvalue weighted by atomic mass is 16.5. The number of likely N-dealkylation sites (tertiary alicyclic amines) is 1. The van der Waals surface area contributed by atoms with Gasteiger partial charge in [0.05, 0.1) is 17.8 Å². The monoisotopic (exact) mass is 489 g/mol. The molecular formula is C28H35N5O3. The van der Waals surface area contributed by atoms with Gasteiger partial charge >= 0.3 is 0 Å². The van der Waals surface area contributed by atoms with Gasteiger partial charge < -0.3 is 30.6 Å². The Morgan fingerprint density at radius 2 is 1.94 bits per heavy atom. The fourth-order valence-corrected chi connectivity index (χ4v) is 5.43. The Morgan fingerprint density at radius 1 is 1.22 bits per heavy atom. The van der Waals surface area contributed by atoms with E-state index in [1.807, 2.05) is 43.3 Å². The average Bonchev–Trinajstić information content (AvgIpc) is 3.19. The van der Waals surface area contributed by atoms with E-state index < -0.39 is 5.41 Å². The van der Waals surface area contributed by atoms with E-state index in [9.17, 15) is 9.59 Å². The van der Waals surface area contributed by atoms with Crippen molar-refractivity contribution in [2.24, 2.45) is 0 Å². The first-order valence-electron chi connectivity index (χ1n) is 12.5. The molecule has 3 aromatic rings. The number of nitrogens with zero attached hydrogens (tertiary/aromatic N) is 2. The number of benzene rings is 2. The molecule has 0 saturated carbocycles. The zero-order valence-corrected chi connectivity index (χ0v) is 21.7. The second-order valence-corrected chi connectivity index (χ2v) is 10.9. The molecule has 2 aromatic carbocycles. The minimum Gasteiger partial charge on any atom is -0.488 e. The fourth-order valence-electron chi connectivity index (χ4n) is 5.43. The molecule has 8 heteroatoms. The molecule has 190 valence electrons. The molecule has 0 radical (unpaired) electrons. The summed E-state index contributed by atoms with van der Waals surface area (Å²) < 4.78 is 6.50. The van der Waals surface area contributed by atoms with Crippen molar-refractivity contribution in [1.29, 1.82) is 0 Å². The maximum Gasteiger partial charge on any atom is 0.238 e. The Balaban J connectivity index is 1.61. The largest absolute Gasteiger partial charge is 0.488 e. The summed E-state index contributed by atoms with van der Waals surface area (Å²) in [7, 11) is 5.81. The summed E-state index contributed by atoms with van der Waals surface area (Å²) in [5.74, 6) is 0.392. The van der Waals surface area contributed by atoms with E-state index in [1.54, 1.807) is 6.07 Å². The van der Waals surface area contributed by atoms with Crippen LogP contribution in [0.2, 0.25) is 0 Å². The number of amides is 1. The first-order valence-corrected chi connectivity index (χ1v) is 12.5. The molecule has 1 amide bonds. The van der Waals surface area contributed by atoms with E-state index in [4.69, 9.17) is 10.5 Å². The summed E-state index contributed by atoms with van der Waals surface area (Å²) in [6.45, 7) is 6.38. The molecule has 8 nitrogen and oxygen atoms in total. The van der Waals surface area contributed by atoms with Gasteiger partial charge in [-0.15, -0.1) is 0 Å². The number of piperidine rings is 1. The molecule has 2 aliphatic rings. The van der Waals surface area contributed by atoms with Gasteiger partial charge in [-0.3, -0.25) is 9.59 Å². The van der Waals surface area contributed by atoms with E-state index >= 15 is 0 Å². The normalized spacial score (nSPS) is 17.8. The van der Waals surface area contributed by atoms with Crippen LogP contribution in [0.3, 0.4) is 0 Å². The Hall–Kier alpha value is -3.36. The number of ketones is 1. The number of rotatable bonds is 5. The lowest BCUT2D eigenvalue weighted by molar-refractivity contribution is -0.116. The number of nitrogens with two attached hydrogens (primary N) is 1. The van der Waals surface area contributed by atoms with E-state index in [-0.39, 0.29) is 24.3 Å². The second kappa shape index (κ2) is 8.94. The third kappa shape index (κ3) is 4.24. The summed E-state index contributed by atoms with van der Waals surface area (Å²) in [6, 6.07) is 9.34. The van der Waals surface area contributed by atoms with Gasteiger partial charge in [0.25, 0.3) is 0 Å². The highest BCUT2D eigenvalue weighted by Crippen LogP contribution is 2.47. The van der Waals surface area contributed by atoms with Gasteiger partial charge in [-0.1, -0.05) is 19.9 Å². The lowest BCUT2D eigenvalue weighted by Gasteiger charge is -2.34. The molecule has 1 aliphatic carbocycles. The van der Waals surface area contributed by atoms with Crippen molar-refractivity contribution in [1.82, 2.24) is 14.8 Å². The number of nitrogens with one attached hydrogen (secondary N) is 2. The van der Waals surface area contributed by atoms with Gasteiger partial charge in [-0.2, -0.15) is 0 Å². The first-order chi connectivity index (χ1) is 17.0. The predicted molar refractivity (Wildman–Crippen MR) is 143 cm³/mol. The van der Waals surface area contributed by atoms with Crippen molar-refractivity contribution in [3.05, 3.63) is 52.7 Å². The van der Waals surface area contributed by atoms with Crippen LogP contribution >= 0.6 is 0 Å². The van der Waals surface area contributed by atoms with Crippen molar-refractivity contribution in [2.75, 3.05) is 51.8 Å². The van der Waals surface area contributed by atoms with Gasteiger partial charge in [0, 0.05) is 46.4 Å². The Kier molecular flexibility index (Phi) is 6.04. The van der Waals surface area contributed by atoms with Crippen molar-refractivity contribution < 1.29 is 14.3 Å². The molecule has 0 bridgehead atoms. The number of H-pyrrole nitrogens is 1. The van der Waals surface area contributed by atoms with Gasteiger partial charge in [-0.25, -0.2) is 0 Å². The predicted octanol–water partition coefficient (Wildman–Crippen LogP) is 3.59. The topological polar surface area (TPSA) is 104 Å². The minimum absolute atomic E-state index is 0.0535. The quantitative estimate of drug-likeness (QED) is 0.473. The van der Waals surface area contributed by atoms with Gasteiger partial charge in [0.1, 0.15) is 11.9 Å². The molecule has 1 saturated heterocycles. The van der Waals surface area contributed by atoms with Gasteiger partial charge in [0.2, 0.25) is 5.91 Å². The number of nitrogen functional groups attached to an aromatic ring is 1. The average molecular weight is 490 g/mol. The minimum atomic E-state index is -0.483. The van der Waals surface area contributed by atoms with Crippen LogP contribution in [0.25, 0.3) is 10.9 Å². The van der Waals surface area contributed by atoms with Crippen LogP contribution in [0, 0.1) is 0 Å². The molecular weight excluding hydrogens is 454 g/mol. The third-order valence-electron chi connectivity index (χ3n) is 7.41. The summed E-state index contributed by atoms with van der Waals surface area (Å²) in [4.78, 5) is 34.2. The summed E-state index contributed by atoms with van der Waals surface area (Å²) in [6.07, 6.45) is 1.88. The molecule has 0 atom stereocenters. The highest BCUT2D eigenvalue weighted by molar-refractivity contribution is 6.20. The van der Waals surface area contributed by atoms with Crippen LogP contribution < -0.4 is 15.8 Å². The maximum atomic E-state index is 13.9. The number of carbonyl (C=O) groups excluding carboxylic acids is 2. The summed E-state index contributed by atoms with van der Waals surface area (Å²) in [5.41, 5.74) is 10.6. The number of likely N-dealkylation sites (N-methyl/N-ethyl adjacent to an activating group) is 1. The van der Waals surface area contributed by atoms with Crippen molar-refractivity contribution in [3.63, 3.8) is 0 Å². The van der Waals surface area contributed by atoms with Crippen LogP contribution in [-0.4, -0.2) is 73.4 Å². The van der Waals surface area contributed by atoms with Crippen molar-refractivity contribution >= 4 is 34.0 Å². The summed E-state index contributed by atoms with van der Waals surface area (Å²) >= 11 is 0. The van der Waals surface area contributed by atoms with E-state index in [2.05, 4.69) is 36.1 Å². The molecule has 4 N–H and O–H groups in total. The molecule has 0 unspecified atom stereocenters. The molecule has 2 heterocycles. The van der Waals surface area contributed by atoms with Crippen LogP contribution in [0.5, 0.6) is 5.75 Å². The van der Waals surface area contributed by atoms with Crippen LogP contribution in [0.4, 0.5) is 11.4 Å². The highest BCUT2D eigenvalue weighted by Gasteiger charge is 2.40. The lowest BCUT2D eigenvalue weighted by atomic mass is 9.71. The molecule has 5 rings (SSSR count). The standard InChI is InChI=1S/C28H35N5O3/c1-28(2)20-14-23(36-17-8-10-33(5)11-9-17)22(30-24(34)15-32(3)4)13-19(20)26(35)25-18-7-6-16(29)12-21(18)31-27(25)28/h6-7,12-14,17,31H,8-11,15,29H2,1-5H3,(H,30,34). The van der Waals surface area contributed by atoms with Gasteiger partial charge in [-0.05, 0) is 63.8 Å². The van der Waals surface area contributed by atoms with Gasteiger partial charge in [0.15, 0.2) is 5.78 Å². The molecule has 1 aromatic heterocycles.